The van der Waals surface area contributed by atoms with Crippen molar-refractivity contribution < 1.29 is 28.6 Å². The lowest BCUT2D eigenvalue weighted by Gasteiger charge is -2.57. The van der Waals surface area contributed by atoms with Crippen LogP contribution in [0.1, 0.15) is 73.6 Å². The predicted octanol–water partition coefficient (Wildman–Crippen LogP) is 4.48. The smallest absolute Gasteiger partial charge is 0.341 e. The number of cyclic esters (lactones) is 1. The van der Waals surface area contributed by atoms with Gasteiger partial charge in [0.15, 0.2) is 0 Å². The number of carbonyl (C=O) groups is 3. The number of hydrogen-bond donors (Lipinski definition) is 0. The first-order valence-electron chi connectivity index (χ1n) is 10.9. The van der Waals surface area contributed by atoms with Crippen LogP contribution in [0.15, 0.2) is 23.3 Å². The molecule has 0 N–H and O–H groups in total. The topological polar surface area (TPSA) is 78.9 Å². The van der Waals surface area contributed by atoms with Crippen LogP contribution in [0.5, 0.6) is 0 Å². The number of allylic oxidation sites excluding steroid dienone is 2. The molecular weight excluding hydrogens is 384 g/mol. The Balaban J connectivity index is 1.91. The van der Waals surface area contributed by atoms with E-state index in [0.717, 1.165) is 12.8 Å². The highest BCUT2D eigenvalue weighted by atomic mass is 16.7. The van der Waals surface area contributed by atoms with Crippen LogP contribution < -0.4 is 0 Å². The van der Waals surface area contributed by atoms with Gasteiger partial charge in [0.25, 0.3) is 6.29 Å². The van der Waals surface area contributed by atoms with Crippen molar-refractivity contribution in [2.24, 2.45) is 22.7 Å². The summed E-state index contributed by atoms with van der Waals surface area (Å²) >= 11 is 0. The average molecular weight is 419 g/mol. The molecule has 2 aliphatic carbocycles. The molecule has 0 radical (unpaired) electrons. The molecule has 0 aromatic rings. The molecule has 0 aromatic heterocycles. The Morgan fingerprint density at radius 1 is 1.20 bits per heavy atom. The minimum Gasteiger partial charge on any atom is -0.457 e. The van der Waals surface area contributed by atoms with E-state index in [-0.39, 0.29) is 22.3 Å². The van der Waals surface area contributed by atoms with Crippen molar-refractivity contribution >= 4 is 17.9 Å². The van der Waals surface area contributed by atoms with Crippen LogP contribution in [0, 0.1) is 22.7 Å². The minimum absolute atomic E-state index is 0.0668. The van der Waals surface area contributed by atoms with E-state index < -0.39 is 30.3 Å². The third kappa shape index (κ3) is 4.33. The molecule has 0 amide bonds. The zero-order chi connectivity index (χ0) is 22.3. The molecule has 5 atom stereocenters. The van der Waals surface area contributed by atoms with Crippen LogP contribution in [0.25, 0.3) is 0 Å². The number of fused-ring (bicyclic) bond motifs is 1. The molecule has 1 unspecified atom stereocenters. The van der Waals surface area contributed by atoms with E-state index in [1.165, 1.54) is 38.3 Å². The molecule has 3 rings (SSSR count). The molecule has 1 heterocycles. The number of carbonyl (C=O) groups excluding carboxylic acids is 3. The lowest BCUT2D eigenvalue weighted by Crippen LogP contribution is -2.49. The van der Waals surface area contributed by atoms with Gasteiger partial charge in [-0.2, -0.15) is 0 Å². The zero-order valence-corrected chi connectivity index (χ0v) is 18.9. The molecule has 166 valence electrons. The number of esters is 3. The maximum Gasteiger partial charge on any atom is 0.341 e. The Morgan fingerprint density at radius 2 is 1.90 bits per heavy atom. The van der Waals surface area contributed by atoms with Crippen molar-refractivity contribution in [3.63, 3.8) is 0 Å². The summed E-state index contributed by atoms with van der Waals surface area (Å²) in [6.07, 6.45) is 7.04. The lowest BCUT2D eigenvalue weighted by molar-refractivity contribution is -0.171. The molecule has 0 aromatic carbocycles. The summed E-state index contributed by atoms with van der Waals surface area (Å²) in [5.41, 5.74) is 1.85. The average Bonchev–Trinajstić information content (AvgIpc) is 2.95. The van der Waals surface area contributed by atoms with Crippen molar-refractivity contribution in [2.45, 2.75) is 86.0 Å². The molecule has 1 fully saturated rings. The Morgan fingerprint density at radius 3 is 2.53 bits per heavy atom. The molecule has 6 nitrogen and oxygen atoms in total. The van der Waals surface area contributed by atoms with Gasteiger partial charge in [-0.1, -0.05) is 38.8 Å². The fourth-order valence-electron chi connectivity index (χ4n) is 6.13. The molecule has 30 heavy (non-hydrogen) atoms. The summed E-state index contributed by atoms with van der Waals surface area (Å²) in [5.74, 6) is -0.881. The van der Waals surface area contributed by atoms with E-state index in [0.29, 0.717) is 12.3 Å². The minimum atomic E-state index is -1.07. The summed E-state index contributed by atoms with van der Waals surface area (Å²) in [6, 6.07) is 0. The first-order valence-corrected chi connectivity index (χ1v) is 10.9. The second-order valence-corrected chi connectivity index (χ2v) is 9.98. The molecule has 0 spiro atoms. The van der Waals surface area contributed by atoms with Crippen LogP contribution in [-0.2, 0) is 28.6 Å². The molecular formula is C24H34O6. The quantitative estimate of drug-likeness (QED) is 0.484. The van der Waals surface area contributed by atoms with Gasteiger partial charge in [0.2, 0.25) is 0 Å². The lowest BCUT2D eigenvalue weighted by atomic mass is 9.48. The van der Waals surface area contributed by atoms with Crippen LogP contribution in [0.4, 0.5) is 0 Å². The number of rotatable bonds is 5. The Kier molecular flexibility index (Phi) is 6.17. The SMILES string of the molecule is CC(=O)OC1C=C([C@H](C[C@H]2C(C)=CC[C@H]3C(C)(C)CCC[C@]23C)OC(C)=O)C(=O)O1. The first-order chi connectivity index (χ1) is 13.9. The third-order valence-corrected chi connectivity index (χ3v) is 7.46. The highest BCUT2D eigenvalue weighted by molar-refractivity contribution is 5.92. The number of hydrogen-bond acceptors (Lipinski definition) is 6. The molecule has 6 heteroatoms. The van der Waals surface area contributed by atoms with Gasteiger partial charge >= 0.3 is 17.9 Å². The second kappa shape index (κ2) is 8.20. The normalized spacial score (nSPS) is 33.5. The van der Waals surface area contributed by atoms with Gasteiger partial charge in [0, 0.05) is 19.9 Å². The molecule has 1 saturated carbocycles. The van der Waals surface area contributed by atoms with E-state index in [1.807, 2.05) is 0 Å². The molecule has 1 aliphatic heterocycles. The van der Waals surface area contributed by atoms with E-state index in [2.05, 4.69) is 33.8 Å². The van der Waals surface area contributed by atoms with Gasteiger partial charge in [-0.25, -0.2) is 4.79 Å². The Hall–Kier alpha value is -2.11. The van der Waals surface area contributed by atoms with E-state index in [9.17, 15) is 14.4 Å². The van der Waals surface area contributed by atoms with Crippen molar-refractivity contribution in [3.8, 4) is 0 Å². The van der Waals surface area contributed by atoms with Gasteiger partial charge < -0.3 is 14.2 Å². The molecule has 0 bridgehead atoms. The maximum atomic E-state index is 12.5. The van der Waals surface area contributed by atoms with Crippen molar-refractivity contribution in [2.75, 3.05) is 0 Å². The Labute approximate surface area is 179 Å². The maximum absolute atomic E-state index is 12.5. The summed E-state index contributed by atoms with van der Waals surface area (Å²) in [5, 5.41) is 0. The number of ether oxygens (including phenoxy) is 3. The van der Waals surface area contributed by atoms with E-state index >= 15 is 0 Å². The highest BCUT2D eigenvalue weighted by Crippen LogP contribution is 2.60. The summed E-state index contributed by atoms with van der Waals surface area (Å²) in [6.45, 7) is 11.8. The van der Waals surface area contributed by atoms with Crippen LogP contribution in [-0.4, -0.2) is 30.3 Å². The summed E-state index contributed by atoms with van der Waals surface area (Å²) in [7, 11) is 0. The predicted molar refractivity (Wildman–Crippen MR) is 111 cm³/mol. The van der Waals surface area contributed by atoms with E-state index in [1.54, 1.807) is 0 Å². The third-order valence-electron chi connectivity index (χ3n) is 7.46. The van der Waals surface area contributed by atoms with Gasteiger partial charge in [0.05, 0.1) is 5.57 Å². The fourth-order valence-corrected chi connectivity index (χ4v) is 6.13. The van der Waals surface area contributed by atoms with Crippen LogP contribution in [0.2, 0.25) is 0 Å². The van der Waals surface area contributed by atoms with Crippen molar-refractivity contribution in [3.05, 3.63) is 23.3 Å². The van der Waals surface area contributed by atoms with Gasteiger partial charge in [-0.05, 0) is 55.3 Å². The summed E-state index contributed by atoms with van der Waals surface area (Å²) in [4.78, 5) is 35.6. The second-order valence-electron chi connectivity index (χ2n) is 9.98. The monoisotopic (exact) mass is 418 g/mol. The van der Waals surface area contributed by atoms with Crippen molar-refractivity contribution in [1.82, 2.24) is 0 Å². The Bertz CT molecular complexity index is 792. The van der Waals surface area contributed by atoms with Crippen LogP contribution >= 0.6 is 0 Å². The zero-order valence-electron chi connectivity index (χ0n) is 18.9. The molecule has 3 aliphatic rings. The van der Waals surface area contributed by atoms with Crippen LogP contribution in [0.3, 0.4) is 0 Å². The fraction of sp³-hybridized carbons (Fsp3) is 0.708. The largest absolute Gasteiger partial charge is 0.457 e. The highest BCUT2D eigenvalue weighted by Gasteiger charge is 2.53. The molecule has 0 saturated heterocycles. The standard InChI is InChI=1S/C24H34O6/c1-14-8-9-20-23(4,5)10-7-11-24(20,6)18(14)13-19(28-15(2)25)17-12-21(29-16(3)26)30-22(17)27/h8,12,18-21H,7,9-11,13H2,1-6H3/t18-,19-,20-,21?,24+/m0/s1. The van der Waals surface area contributed by atoms with E-state index in [4.69, 9.17) is 14.2 Å². The van der Waals surface area contributed by atoms with Gasteiger partial charge in [0.1, 0.15) is 6.10 Å². The van der Waals surface area contributed by atoms with Gasteiger partial charge in [-0.15, -0.1) is 0 Å². The first kappa shape index (κ1) is 22.6. The van der Waals surface area contributed by atoms with Crippen molar-refractivity contribution in [1.29, 1.82) is 0 Å². The summed E-state index contributed by atoms with van der Waals surface area (Å²) < 4.78 is 15.8. The van der Waals surface area contributed by atoms with Gasteiger partial charge in [-0.3, -0.25) is 9.59 Å².